The first kappa shape index (κ1) is 17.4. The molecule has 2 aliphatic carbocycles. The standard InChI is InChI=1S/C20H28O4/c1-13-4-7-16-19(2,10-8-17(22)20(16,3)12-21)15(13)6-5-14-9-11-24-18(14)23/h5-6,9,11,14-17,21-22H,1,4,7-8,10,12H2,2-3H3. The smallest absolute Gasteiger partial charge is 0.321 e. The summed E-state index contributed by atoms with van der Waals surface area (Å²) in [6, 6.07) is 0. The average molecular weight is 332 g/mol. The third kappa shape index (κ3) is 2.56. The quantitative estimate of drug-likeness (QED) is 0.616. The Labute approximate surface area is 143 Å². The number of aliphatic hydroxyl groups is 2. The lowest BCUT2D eigenvalue weighted by Crippen LogP contribution is -2.57. The lowest BCUT2D eigenvalue weighted by Gasteiger charge is -2.59. The van der Waals surface area contributed by atoms with Crippen LogP contribution in [0.1, 0.15) is 39.5 Å². The van der Waals surface area contributed by atoms with Gasteiger partial charge in [-0.15, -0.1) is 0 Å². The fourth-order valence-electron chi connectivity index (χ4n) is 5.21. The minimum atomic E-state index is -0.480. The molecule has 3 aliphatic rings. The van der Waals surface area contributed by atoms with Gasteiger partial charge in [-0.25, -0.2) is 0 Å². The van der Waals surface area contributed by atoms with Crippen LogP contribution in [0.5, 0.6) is 0 Å². The predicted molar refractivity (Wildman–Crippen MR) is 91.8 cm³/mol. The number of hydrogen-bond donors (Lipinski definition) is 2. The molecule has 0 aromatic rings. The number of cyclic esters (lactones) is 1. The second-order valence-electron chi connectivity index (χ2n) is 8.13. The molecule has 6 unspecified atom stereocenters. The zero-order chi connectivity index (χ0) is 17.5. The van der Waals surface area contributed by atoms with Crippen LogP contribution >= 0.6 is 0 Å². The van der Waals surface area contributed by atoms with Crippen LogP contribution in [0.2, 0.25) is 0 Å². The van der Waals surface area contributed by atoms with Crippen LogP contribution < -0.4 is 0 Å². The number of esters is 1. The number of allylic oxidation sites excluding steroid dienone is 2. The van der Waals surface area contributed by atoms with Crippen molar-refractivity contribution in [3.8, 4) is 0 Å². The van der Waals surface area contributed by atoms with Crippen LogP contribution in [-0.4, -0.2) is 28.9 Å². The van der Waals surface area contributed by atoms with Gasteiger partial charge in [-0.05, 0) is 43.1 Å². The highest BCUT2D eigenvalue weighted by atomic mass is 16.5. The highest BCUT2D eigenvalue weighted by molar-refractivity contribution is 5.79. The molecule has 3 rings (SSSR count). The lowest BCUT2D eigenvalue weighted by atomic mass is 9.46. The molecule has 0 saturated heterocycles. The zero-order valence-electron chi connectivity index (χ0n) is 14.6. The van der Waals surface area contributed by atoms with E-state index in [0.29, 0.717) is 6.42 Å². The van der Waals surface area contributed by atoms with Crippen molar-refractivity contribution < 1.29 is 19.7 Å². The Kier molecular flexibility index (Phi) is 4.47. The number of ether oxygens (including phenoxy) is 1. The molecule has 2 saturated carbocycles. The van der Waals surface area contributed by atoms with E-state index in [1.165, 1.54) is 11.8 Å². The molecule has 2 N–H and O–H groups in total. The molecule has 6 atom stereocenters. The molecule has 1 heterocycles. The first-order valence-corrected chi connectivity index (χ1v) is 8.85. The van der Waals surface area contributed by atoms with E-state index >= 15 is 0 Å². The molecule has 0 radical (unpaired) electrons. The fourth-order valence-corrected chi connectivity index (χ4v) is 5.21. The van der Waals surface area contributed by atoms with Gasteiger partial charge in [-0.3, -0.25) is 4.79 Å². The summed E-state index contributed by atoms with van der Waals surface area (Å²) in [5, 5.41) is 20.5. The summed E-state index contributed by atoms with van der Waals surface area (Å²) in [5.74, 6) is -0.185. The number of fused-ring (bicyclic) bond motifs is 1. The normalized spacial score (nSPS) is 45.5. The summed E-state index contributed by atoms with van der Waals surface area (Å²) in [7, 11) is 0. The molecule has 0 bridgehead atoms. The van der Waals surface area contributed by atoms with E-state index in [9.17, 15) is 15.0 Å². The third-order valence-corrected chi connectivity index (χ3v) is 6.81. The highest BCUT2D eigenvalue weighted by Gasteiger charge is 2.57. The van der Waals surface area contributed by atoms with Crippen molar-refractivity contribution in [3.63, 3.8) is 0 Å². The lowest BCUT2D eigenvalue weighted by molar-refractivity contribution is -0.146. The number of hydrogen-bond acceptors (Lipinski definition) is 4. The molecule has 4 nitrogen and oxygen atoms in total. The van der Waals surface area contributed by atoms with E-state index in [1.54, 1.807) is 6.08 Å². The zero-order valence-corrected chi connectivity index (χ0v) is 14.6. The SMILES string of the molecule is C=C1CCC2C(C)(CO)C(O)CCC2(C)C1C=CC1C=COC1=O. The van der Waals surface area contributed by atoms with Crippen LogP contribution in [-0.2, 0) is 9.53 Å². The molecule has 0 amide bonds. The first-order chi connectivity index (χ1) is 11.3. The second-order valence-corrected chi connectivity index (χ2v) is 8.13. The van der Waals surface area contributed by atoms with Crippen molar-refractivity contribution in [2.75, 3.05) is 6.61 Å². The Hall–Kier alpha value is -1.39. The molecule has 132 valence electrons. The molecule has 0 spiro atoms. The Balaban J connectivity index is 1.91. The van der Waals surface area contributed by atoms with E-state index in [0.717, 1.165) is 19.3 Å². The average Bonchev–Trinajstić information content (AvgIpc) is 2.96. The van der Waals surface area contributed by atoms with Crippen molar-refractivity contribution in [1.82, 2.24) is 0 Å². The summed E-state index contributed by atoms with van der Waals surface area (Å²) in [4.78, 5) is 11.7. The maximum Gasteiger partial charge on any atom is 0.321 e. The monoisotopic (exact) mass is 332 g/mol. The van der Waals surface area contributed by atoms with Crippen molar-refractivity contribution in [3.05, 3.63) is 36.6 Å². The number of carbonyl (C=O) groups is 1. The fraction of sp³-hybridized carbons (Fsp3) is 0.650. The number of carbonyl (C=O) groups excluding carboxylic acids is 1. The molecule has 0 aromatic heterocycles. The van der Waals surface area contributed by atoms with Gasteiger partial charge < -0.3 is 14.9 Å². The van der Waals surface area contributed by atoms with E-state index in [1.807, 2.05) is 13.0 Å². The van der Waals surface area contributed by atoms with E-state index < -0.39 is 11.5 Å². The van der Waals surface area contributed by atoms with Gasteiger partial charge in [0, 0.05) is 11.3 Å². The molecular weight excluding hydrogens is 304 g/mol. The molecule has 1 aliphatic heterocycles. The van der Waals surface area contributed by atoms with Gasteiger partial charge in [-0.1, -0.05) is 38.2 Å². The van der Waals surface area contributed by atoms with Crippen LogP contribution in [0.3, 0.4) is 0 Å². The predicted octanol–water partition coefficient (Wildman–Crippen LogP) is 2.97. The highest BCUT2D eigenvalue weighted by Crippen LogP contribution is 2.61. The minimum Gasteiger partial charge on any atom is -0.434 e. The largest absolute Gasteiger partial charge is 0.434 e. The molecular formula is C20H28O4. The summed E-state index contributed by atoms with van der Waals surface area (Å²) in [5.41, 5.74) is 0.637. The summed E-state index contributed by atoms with van der Waals surface area (Å²) < 4.78 is 4.87. The van der Waals surface area contributed by atoms with Gasteiger partial charge >= 0.3 is 5.97 Å². The van der Waals surface area contributed by atoms with E-state index in [-0.39, 0.29) is 35.7 Å². The third-order valence-electron chi connectivity index (χ3n) is 6.81. The van der Waals surface area contributed by atoms with Gasteiger partial charge in [-0.2, -0.15) is 0 Å². The van der Waals surface area contributed by atoms with Gasteiger partial charge in [0.2, 0.25) is 0 Å². The Morgan fingerprint density at radius 1 is 1.38 bits per heavy atom. The summed E-state index contributed by atoms with van der Waals surface area (Å²) in [6.07, 6.45) is 10.2. The van der Waals surface area contributed by atoms with Gasteiger partial charge in [0.25, 0.3) is 0 Å². The Morgan fingerprint density at radius 3 is 2.75 bits per heavy atom. The Bertz CT molecular complexity index is 592. The topological polar surface area (TPSA) is 66.8 Å². The van der Waals surface area contributed by atoms with Gasteiger partial charge in [0.1, 0.15) is 0 Å². The molecule has 4 heteroatoms. The maximum absolute atomic E-state index is 11.7. The Morgan fingerprint density at radius 2 is 2.12 bits per heavy atom. The number of aliphatic hydroxyl groups excluding tert-OH is 2. The van der Waals surface area contributed by atoms with Crippen molar-refractivity contribution >= 4 is 5.97 Å². The number of rotatable bonds is 3. The van der Waals surface area contributed by atoms with Crippen LogP contribution in [0.25, 0.3) is 0 Å². The van der Waals surface area contributed by atoms with Gasteiger partial charge in [0.15, 0.2) is 0 Å². The van der Waals surface area contributed by atoms with Gasteiger partial charge in [0.05, 0.1) is 24.9 Å². The van der Waals surface area contributed by atoms with Crippen LogP contribution in [0, 0.1) is 28.6 Å². The van der Waals surface area contributed by atoms with Crippen molar-refractivity contribution in [2.24, 2.45) is 28.6 Å². The first-order valence-electron chi connectivity index (χ1n) is 8.85. The minimum absolute atomic E-state index is 0.00494. The van der Waals surface area contributed by atoms with Crippen molar-refractivity contribution in [1.29, 1.82) is 0 Å². The molecule has 0 aromatic carbocycles. The van der Waals surface area contributed by atoms with Crippen molar-refractivity contribution in [2.45, 2.75) is 45.6 Å². The molecule has 2 fully saturated rings. The van der Waals surface area contributed by atoms with E-state index in [4.69, 9.17) is 4.74 Å². The molecule has 24 heavy (non-hydrogen) atoms. The summed E-state index contributed by atoms with van der Waals surface area (Å²) in [6.45, 7) is 8.53. The second kappa shape index (κ2) is 6.16. The maximum atomic E-state index is 11.7. The van der Waals surface area contributed by atoms with Crippen LogP contribution in [0.4, 0.5) is 0 Å². The summed E-state index contributed by atoms with van der Waals surface area (Å²) >= 11 is 0. The van der Waals surface area contributed by atoms with E-state index in [2.05, 4.69) is 19.6 Å². The van der Waals surface area contributed by atoms with Crippen LogP contribution in [0.15, 0.2) is 36.6 Å².